The van der Waals surface area contributed by atoms with Crippen LogP contribution in [0.25, 0.3) is 0 Å². The molecule has 0 aliphatic carbocycles. The number of anilines is 1. The predicted molar refractivity (Wildman–Crippen MR) is 116 cm³/mol. The molecule has 31 heavy (non-hydrogen) atoms. The fourth-order valence-electron chi connectivity index (χ4n) is 3.62. The van der Waals surface area contributed by atoms with Crippen molar-refractivity contribution in [2.24, 2.45) is 0 Å². The molecule has 162 valence electrons. The SMILES string of the molecule is COC(=O)C1=C(C)N(c2ccc(F)c(Cl)c2)C(=S)N[C@H]1c1cc(OC)c2c(c1)OCO2. The van der Waals surface area contributed by atoms with Gasteiger partial charge in [-0.1, -0.05) is 11.6 Å². The second kappa shape index (κ2) is 8.24. The zero-order valence-corrected chi connectivity index (χ0v) is 18.4. The molecule has 10 heteroatoms. The minimum Gasteiger partial charge on any atom is -0.493 e. The van der Waals surface area contributed by atoms with Crippen molar-refractivity contribution in [2.45, 2.75) is 13.0 Å². The minimum atomic E-state index is -0.643. The normalized spacial score (nSPS) is 17.5. The second-order valence-corrected chi connectivity index (χ2v) is 7.56. The fourth-order valence-corrected chi connectivity index (χ4v) is 4.15. The van der Waals surface area contributed by atoms with Crippen LogP contribution in [0.4, 0.5) is 10.1 Å². The summed E-state index contributed by atoms with van der Waals surface area (Å²) >= 11 is 11.5. The zero-order valence-electron chi connectivity index (χ0n) is 16.8. The molecule has 2 heterocycles. The summed E-state index contributed by atoms with van der Waals surface area (Å²) in [6.07, 6.45) is 0. The van der Waals surface area contributed by atoms with Gasteiger partial charge in [0.15, 0.2) is 16.6 Å². The maximum Gasteiger partial charge on any atom is 0.337 e. The van der Waals surface area contributed by atoms with Crippen LogP contribution in [0.1, 0.15) is 18.5 Å². The van der Waals surface area contributed by atoms with Crippen LogP contribution in [-0.2, 0) is 9.53 Å². The molecule has 0 unspecified atom stereocenters. The number of carbonyl (C=O) groups is 1. The lowest BCUT2D eigenvalue weighted by atomic mass is 9.94. The van der Waals surface area contributed by atoms with Gasteiger partial charge in [0.05, 0.1) is 30.9 Å². The number of benzene rings is 2. The van der Waals surface area contributed by atoms with Gasteiger partial charge in [-0.25, -0.2) is 9.18 Å². The number of ether oxygens (including phenoxy) is 4. The molecule has 0 saturated carbocycles. The van der Waals surface area contributed by atoms with Gasteiger partial charge in [-0.2, -0.15) is 0 Å². The monoisotopic (exact) mass is 464 g/mol. The van der Waals surface area contributed by atoms with E-state index < -0.39 is 17.8 Å². The van der Waals surface area contributed by atoms with E-state index in [2.05, 4.69) is 5.32 Å². The highest BCUT2D eigenvalue weighted by atomic mass is 35.5. The van der Waals surface area contributed by atoms with E-state index in [0.717, 1.165) is 0 Å². The van der Waals surface area contributed by atoms with Gasteiger partial charge in [0.1, 0.15) is 5.82 Å². The Hall–Kier alpha value is -3.04. The highest BCUT2D eigenvalue weighted by Gasteiger charge is 2.36. The van der Waals surface area contributed by atoms with Gasteiger partial charge in [0, 0.05) is 11.4 Å². The molecule has 0 radical (unpaired) electrons. The Bertz CT molecular complexity index is 1120. The first-order chi connectivity index (χ1) is 14.8. The van der Waals surface area contributed by atoms with Crippen molar-refractivity contribution in [3.05, 3.63) is 58.0 Å². The maximum atomic E-state index is 13.7. The van der Waals surface area contributed by atoms with Crippen molar-refractivity contribution in [1.82, 2.24) is 5.32 Å². The Morgan fingerprint density at radius 1 is 1.29 bits per heavy atom. The van der Waals surface area contributed by atoms with Gasteiger partial charge in [-0.15, -0.1) is 0 Å². The summed E-state index contributed by atoms with van der Waals surface area (Å²) < 4.78 is 35.1. The standard InChI is InChI=1S/C21H18ClFN2O5S/c1-10-17(20(26)28-3)18(11-6-15(27-2)19-16(7-11)29-9-30-19)24-21(31)25(10)12-4-5-14(23)13(22)8-12/h4-8,18H,9H2,1-3H3,(H,24,31)/t18-/m0/s1. The minimum absolute atomic E-state index is 0.0599. The molecule has 0 bridgehead atoms. The first-order valence-electron chi connectivity index (χ1n) is 9.18. The molecule has 4 rings (SSSR count). The van der Waals surface area contributed by atoms with Crippen molar-refractivity contribution in [3.63, 3.8) is 0 Å². The van der Waals surface area contributed by atoms with Crippen molar-refractivity contribution in [2.75, 3.05) is 25.9 Å². The van der Waals surface area contributed by atoms with Gasteiger partial charge in [-0.3, -0.25) is 4.90 Å². The number of hydrogen-bond acceptors (Lipinski definition) is 6. The van der Waals surface area contributed by atoms with Gasteiger partial charge in [-0.05, 0) is 55.0 Å². The van der Waals surface area contributed by atoms with E-state index in [1.165, 1.54) is 32.4 Å². The van der Waals surface area contributed by atoms with E-state index in [1.54, 1.807) is 24.0 Å². The number of methoxy groups -OCH3 is 2. The Labute approximate surface area is 188 Å². The smallest absolute Gasteiger partial charge is 0.337 e. The molecule has 0 spiro atoms. The van der Waals surface area contributed by atoms with Gasteiger partial charge in [0.2, 0.25) is 12.5 Å². The number of carbonyl (C=O) groups excluding carboxylic acids is 1. The lowest BCUT2D eigenvalue weighted by molar-refractivity contribution is -0.136. The third-order valence-electron chi connectivity index (χ3n) is 5.07. The summed E-state index contributed by atoms with van der Waals surface area (Å²) in [5, 5.41) is 3.40. The third-order valence-corrected chi connectivity index (χ3v) is 5.66. The van der Waals surface area contributed by atoms with E-state index in [-0.39, 0.29) is 11.8 Å². The van der Waals surface area contributed by atoms with Gasteiger partial charge >= 0.3 is 5.97 Å². The van der Waals surface area contributed by atoms with Gasteiger partial charge in [0.25, 0.3) is 0 Å². The Morgan fingerprint density at radius 3 is 2.74 bits per heavy atom. The van der Waals surface area contributed by atoms with Crippen molar-refractivity contribution >= 4 is 40.6 Å². The average Bonchev–Trinajstić information content (AvgIpc) is 3.23. The highest BCUT2D eigenvalue weighted by Crippen LogP contribution is 2.45. The number of esters is 1. The molecule has 2 aromatic rings. The maximum absolute atomic E-state index is 13.7. The quantitative estimate of drug-likeness (QED) is 0.536. The molecule has 0 amide bonds. The number of allylic oxidation sites excluding steroid dienone is 1. The second-order valence-electron chi connectivity index (χ2n) is 6.76. The largest absolute Gasteiger partial charge is 0.493 e. The number of fused-ring (bicyclic) bond motifs is 1. The molecule has 2 aromatic carbocycles. The topological polar surface area (TPSA) is 69.3 Å². The molecule has 1 N–H and O–H groups in total. The highest BCUT2D eigenvalue weighted by molar-refractivity contribution is 7.80. The van der Waals surface area contributed by atoms with Crippen molar-refractivity contribution in [3.8, 4) is 17.2 Å². The summed E-state index contributed by atoms with van der Waals surface area (Å²) in [6.45, 7) is 1.80. The van der Waals surface area contributed by atoms with Crippen molar-refractivity contribution < 1.29 is 28.1 Å². The van der Waals surface area contributed by atoms with Crippen LogP contribution in [0.5, 0.6) is 17.2 Å². The predicted octanol–water partition coefficient (Wildman–Crippen LogP) is 4.10. The van der Waals surface area contributed by atoms with Gasteiger partial charge < -0.3 is 24.3 Å². The molecule has 2 aliphatic rings. The van der Waals surface area contributed by atoms with Crippen LogP contribution in [-0.4, -0.2) is 32.1 Å². The average molecular weight is 465 g/mol. The number of thiocarbonyl (C=S) groups is 1. The number of nitrogens with one attached hydrogen (secondary N) is 1. The molecule has 2 aliphatic heterocycles. The number of nitrogens with zero attached hydrogens (tertiary/aromatic N) is 1. The van der Waals surface area contributed by atoms with E-state index >= 15 is 0 Å². The Morgan fingerprint density at radius 2 is 2.06 bits per heavy atom. The lowest BCUT2D eigenvalue weighted by Crippen LogP contribution is -2.48. The molecule has 0 aromatic heterocycles. The van der Waals surface area contributed by atoms with Crippen LogP contribution in [0.2, 0.25) is 5.02 Å². The van der Waals surface area contributed by atoms with Crippen LogP contribution < -0.4 is 24.4 Å². The molecule has 7 nitrogen and oxygen atoms in total. The molecule has 0 fully saturated rings. The Kier molecular flexibility index (Phi) is 5.63. The van der Waals surface area contributed by atoms with Crippen molar-refractivity contribution in [1.29, 1.82) is 0 Å². The first kappa shape index (κ1) is 21.2. The van der Waals surface area contributed by atoms with Crippen LogP contribution in [0.3, 0.4) is 0 Å². The van der Waals surface area contributed by atoms with E-state index in [4.69, 9.17) is 42.8 Å². The summed E-state index contributed by atoms with van der Waals surface area (Å²) in [6, 6.07) is 7.06. The third kappa shape index (κ3) is 3.64. The lowest BCUT2D eigenvalue weighted by Gasteiger charge is -2.37. The summed E-state index contributed by atoms with van der Waals surface area (Å²) in [5.41, 5.74) is 2.00. The number of hydrogen-bond donors (Lipinski definition) is 1. The molecular weight excluding hydrogens is 447 g/mol. The van der Waals surface area contributed by atoms with Crippen LogP contribution in [0.15, 0.2) is 41.6 Å². The van der Waals surface area contributed by atoms with E-state index in [0.29, 0.717) is 44.9 Å². The zero-order chi connectivity index (χ0) is 22.3. The summed E-state index contributed by atoms with van der Waals surface area (Å²) in [4.78, 5) is 14.4. The Balaban J connectivity index is 1.85. The fraction of sp³-hybridized carbons (Fsp3) is 0.238. The number of halogens is 2. The van der Waals surface area contributed by atoms with E-state index in [1.807, 2.05) is 0 Å². The number of rotatable bonds is 4. The molecule has 0 saturated heterocycles. The summed E-state index contributed by atoms with van der Waals surface area (Å²) in [7, 11) is 2.81. The van der Waals surface area contributed by atoms with Crippen LogP contribution >= 0.6 is 23.8 Å². The summed E-state index contributed by atoms with van der Waals surface area (Å²) in [5.74, 6) is 0.352. The molecule has 1 atom stereocenters. The first-order valence-corrected chi connectivity index (χ1v) is 9.96. The molecular formula is C21H18ClFN2O5S. The van der Waals surface area contributed by atoms with E-state index in [9.17, 15) is 9.18 Å². The van der Waals surface area contributed by atoms with Crippen LogP contribution in [0, 0.1) is 5.82 Å².